The fourth-order valence-electron chi connectivity index (χ4n) is 3.43. The molecule has 0 saturated carbocycles. The van der Waals surface area contributed by atoms with Crippen LogP contribution in [0.1, 0.15) is 19.4 Å². The van der Waals surface area contributed by atoms with Gasteiger partial charge in [0.1, 0.15) is 11.5 Å². The number of para-hydroxylation sites is 1. The number of ether oxygens (including phenoxy) is 2. The maximum absolute atomic E-state index is 13.1. The molecule has 0 aliphatic carbocycles. The number of thioether (sulfide) groups is 1. The lowest BCUT2D eigenvalue weighted by Crippen LogP contribution is -2.27. The first kappa shape index (κ1) is 21.3. The summed E-state index contributed by atoms with van der Waals surface area (Å²) in [6, 6.07) is 16.4. The SMILES string of the molecule is CCOc1ccc2ccc(OCC)c(/C=C3\SC(=O)N(c4ccccc4Cl)C3=O)c2c1. The molecule has 1 fully saturated rings. The summed E-state index contributed by atoms with van der Waals surface area (Å²) in [5, 5.41) is 1.80. The van der Waals surface area contributed by atoms with E-state index in [0.29, 0.717) is 34.6 Å². The smallest absolute Gasteiger partial charge is 0.298 e. The Morgan fingerprint density at radius 1 is 1.00 bits per heavy atom. The Balaban J connectivity index is 1.83. The van der Waals surface area contributed by atoms with Crippen molar-refractivity contribution in [2.24, 2.45) is 0 Å². The highest BCUT2D eigenvalue weighted by atomic mass is 35.5. The predicted octanol–water partition coefficient (Wildman–Crippen LogP) is 6.53. The molecule has 158 valence electrons. The fourth-order valence-corrected chi connectivity index (χ4v) is 4.46. The van der Waals surface area contributed by atoms with E-state index >= 15 is 0 Å². The molecule has 0 N–H and O–H groups in total. The molecule has 0 bridgehead atoms. The summed E-state index contributed by atoms with van der Waals surface area (Å²) in [6.45, 7) is 4.84. The van der Waals surface area contributed by atoms with Crippen molar-refractivity contribution in [2.45, 2.75) is 13.8 Å². The van der Waals surface area contributed by atoms with Crippen LogP contribution in [0.15, 0.2) is 59.5 Å². The molecule has 0 radical (unpaired) electrons. The van der Waals surface area contributed by atoms with Crippen molar-refractivity contribution in [1.82, 2.24) is 0 Å². The maximum atomic E-state index is 13.1. The Kier molecular flexibility index (Phi) is 6.20. The fraction of sp³-hybridized carbons (Fsp3) is 0.167. The number of rotatable bonds is 6. The lowest BCUT2D eigenvalue weighted by Gasteiger charge is -2.14. The van der Waals surface area contributed by atoms with Crippen molar-refractivity contribution >= 4 is 57.0 Å². The van der Waals surface area contributed by atoms with Gasteiger partial charge in [0.15, 0.2) is 0 Å². The lowest BCUT2D eigenvalue weighted by molar-refractivity contribution is -0.113. The number of hydrogen-bond acceptors (Lipinski definition) is 5. The Morgan fingerprint density at radius 3 is 2.48 bits per heavy atom. The molecule has 4 rings (SSSR count). The van der Waals surface area contributed by atoms with Gasteiger partial charge in [0.2, 0.25) is 0 Å². The van der Waals surface area contributed by atoms with Crippen molar-refractivity contribution in [3.8, 4) is 11.5 Å². The van der Waals surface area contributed by atoms with E-state index in [2.05, 4.69) is 0 Å². The first-order valence-electron chi connectivity index (χ1n) is 9.88. The number of imide groups is 1. The zero-order valence-electron chi connectivity index (χ0n) is 17.1. The zero-order valence-corrected chi connectivity index (χ0v) is 18.6. The van der Waals surface area contributed by atoms with Crippen LogP contribution in [0.3, 0.4) is 0 Å². The third-order valence-electron chi connectivity index (χ3n) is 4.77. The van der Waals surface area contributed by atoms with Crippen LogP contribution in [0.5, 0.6) is 11.5 Å². The van der Waals surface area contributed by atoms with Crippen LogP contribution in [0, 0.1) is 0 Å². The van der Waals surface area contributed by atoms with Gasteiger partial charge in [0.05, 0.1) is 28.8 Å². The highest BCUT2D eigenvalue weighted by Crippen LogP contribution is 2.41. The van der Waals surface area contributed by atoms with Crippen LogP contribution in [-0.4, -0.2) is 24.4 Å². The number of carbonyl (C=O) groups excluding carboxylic acids is 2. The highest BCUT2D eigenvalue weighted by Gasteiger charge is 2.37. The highest BCUT2D eigenvalue weighted by molar-refractivity contribution is 8.19. The van der Waals surface area contributed by atoms with Crippen LogP contribution < -0.4 is 14.4 Å². The van der Waals surface area contributed by atoms with E-state index in [1.165, 1.54) is 0 Å². The zero-order chi connectivity index (χ0) is 22.0. The third kappa shape index (κ3) is 4.13. The molecule has 7 heteroatoms. The number of carbonyl (C=O) groups is 2. The van der Waals surface area contributed by atoms with Crippen LogP contribution >= 0.6 is 23.4 Å². The average Bonchev–Trinajstić information content (AvgIpc) is 3.03. The number of hydrogen-bond donors (Lipinski definition) is 0. The van der Waals surface area contributed by atoms with Crippen LogP contribution in [-0.2, 0) is 4.79 Å². The lowest BCUT2D eigenvalue weighted by atomic mass is 10.0. The van der Waals surface area contributed by atoms with Gasteiger partial charge in [-0.1, -0.05) is 35.9 Å². The first-order chi connectivity index (χ1) is 15.0. The van der Waals surface area contributed by atoms with Crippen LogP contribution in [0.4, 0.5) is 10.5 Å². The quantitative estimate of drug-likeness (QED) is 0.397. The second-order valence-electron chi connectivity index (χ2n) is 6.69. The molecule has 0 aromatic heterocycles. The molecule has 2 amide bonds. The van der Waals surface area contributed by atoms with E-state index in [4.69, 9.17) is 21.1 Å². The molecule has 3 aromatic rings. The number of benzene rings is 3. The minimum Gasteiger partial charge on any atom is -0.494 e. The van der Waals surface area contributed by atoms with Gasteiger partial charge in [-0.05, 0) is 72.8 Å². The molecule has 1 aliphatic heterocycles. The van der Waals surface area contributed by atoms with Crippen molar-refractivity contribution in [1.29, 1.82) is 0 Å². The largest absolute Gasteiger partial charge is 0.494 e. The molecule has 5 nitrogen and oxygen atoms in total. The molecule has 1 saturated heterocycles. The standard InChI is InChI=1S/C24H20ClNO4S/c1-3-29-16-11-9-15-10-12-21(30-4-2)18(17(15)13-16)14-22-23(27)26(24(28)31-22)20-8-6-5-7-19(20)25/h5-14H,3-4H2,1-2H3/b22-14-. The summed E-state index contributed by atoms with van der Waals surface area (Å²) in [5.41, 5.74) is 1.10. The van der Waals surface area contributed by atoms with E-state index in [1.807, 2.05) is 44.2 Å². The number of halogens is 1. The minimum atomic E-state index is -0.413. The van der Waals surface area contributed by atoms with Gasteiger partial charge in [-0.15, -0.1) is 0 Å². The summed E-state index contributed by atoms with van der Waals surface area (Å²) < 4.78 is 11.5. The normalized spacial score (nSPS) is 15.2. The second kappa shape index (κ2) is 9.04. The van der Waals surface area contributed by atoms with Gasteiger partial charge in [-0.3, -0.25) is 9.59 Å². The summed E-state index contributed by atoms with van der Waals surface area (Å²) in [6.07, 6.45) is 1.71. The van der Waals surface area contributed by atoms with E-state index in [-0.39, 0.29) is 0 Å². The Hall–Kier alpha value is -2.96. The van der Waals surface area contributed by atoms with E-state index < -0.39 is 11.1 Å². The van der Waals surface area contributed by atoms with Gasteiger partial charge < -0.3 is 9.47 Å². The molecule has 1 aliphatic rings. The monoisotopic (exact) mass is 453 g/mol. The van der Waals surface area contributed by atoms with Crippen molar-refractivity contribution in [2.75, 3.05) is 18.1 Å². The van der Waals surface area contributed by atoms with Gasteiger partial charge in [0, 0.05) is 5.56 Å². The molecule has 31 heavy (non-hydrogen) atoms. The Bertz CT molecular complexity index is 1200. The average molecular weight is 454 g/mol. The van der Waals surface area contributed by atoms with Gasteiger partial charge in [-0.25, -0.2) is 4.90 Å². The van der Waals surface area contributed by atoms with Gasteiger partial charge in [0.25, 0.3) is 11.1 Å². The van der Waals surface area contributed by atoms with Crippen molar-refractivity contribution in [3.63, 3.8) is 0 Å². The summed E-state index contributed by atoms with van der Waals surface area (Å²) >= 11 is 7.11. The van der Waals surface area contributed by atoms with Gasteiger partial charge >= 0.3 is 0 Å². The number of nitrogens with zero attached hydrogens (tertiary/aromatic N) is 1. The molecular formula is C24H20ClNO4S. The third-order valence-corrected chi connectivity index (χ3v) is 5.96. The van der Waals surface area contributed by atoms with Crippen LogP contribution in [0.25, 0.3) is 16.8 Å². The maximum Gasteiger partial charge on any atom is 0.298 e. The molecule has 0 unspecified atom stereocenters. The summed E-state index contributed by atoms with van der Waals surface area (Å²) in [4.78, 5) is 27.2. The van der Waals surface area contributed by atoms with E-state index in [9.17, 15) is 9.59 Å². The molecule has 0 atom stereocenters. The Morgan fingerprint density at radius 2 is 1.74 bits per heavy atom. The first-order valence-corrected chi connectivity index (χ1v) is 11.1. The minimum absolute atomic E-state index is 0.306. The summed E-state index contributed by atoms with van der Waals surface area (Å²) in [5.74, 6) is 0.944. The van der Waals surface area contributed by atoms with Gasteiger partial charge in [-0.2, -0.15) is 0 Å². The van der Waals surface area contributed by atoms with Crippen LogP contribution in [0.2, 0.25) is 5.02 Å². The van der Waals surface area contributed by atoms with Crippen molar-refractivity contribution in [3.05, 3.63) is 70.1 Å². The van der Waals surface area contributed by atoms with E-state index in [0.717, 1.165) is 38.7 Å². The number of fused-ring (bicyclic) bond motifs is 1. The summed E-state index contributed by atoms with van der Waals surface area (Å²) in [7, 11) is 0. The second-order valence-corrected chi connectivity index (χ2v) is 8.10. The number of anilines is 1. The molecular weight excluding hydrogens is 434 g/mol. The topological polar surface area (TPSA) is 55.8 Å². The Labute approximate surface area is 189 Å². The molecule has 3 aromatic carbocycles. The number of amides is 2. The predicted molar refractivity (Wildman–Crippen MR) is 126 cm³/mol. The van der Waals surface area contributed by atoms with E-state index in [1.54, 1.807) is 30.3 Å². The van der Waals surface area contributed by atoms with Crippen molar-refractivity contribution < 1.29 is 19.1 Å². The molecule has 1 heterocycles. The molecule has 0 spiro atoms.